The fourth-order valence-corrected chi connectivity index (χ4v) is 3.55. The zero-order valence-corrected chi connectivity index (χ0v) is 17.0. The number of ketones is 1. The summed E-state index contributed by atoms with van der Waals surface area (Å²) in [7, 11) is 1.46. The molecule has 2 saturated heterocycles. The second kappa shape index (κ2) is 8.87. The minimum absolute atomic E-state index is 0.120. The second-order valence-corrected chi connectivity index (χ2v) is 7.73. The van der Waals surface area contributed by atoms with Gasteiger partial charge < -0.3 is 25.2 Å². The lowest BCUT2D eigenvalue weighted by molar-refractivity contribution is -0.181. The van der Waals surface area contributed by atoms with E-state index in [9.17, 15) is 24.6 Å². The molecule has 2 aliphatic heterocycles. The number of aliphatic hydroxyl groups excluding tert-OH is 2. The van der Waals surface area contributed by atoms with E-state index in [1.165, 1.54) is 18.0 Å². The Morgan fingerprint density at radius 2 is 1.93 bits per heavy atom. The Morgan fingerprint density at radius 3 is 2.46 bits per heavy atom. The van der Waals surface area contributed by atoms with Crippen LogP contribution in [0.4, 0.5) is 0 Å². The smallest absolute Gasteiger partial charge is 0.264 e. The van der Waals surface area contributed by atoms with Crippen molar-refractivity contribution in [2.24, 2.45) is 11.8 Å². The lowest BCUT2D eigenvalue weighted by atomic mass is 9.94. The number of carbonyl (C=O) groups is 3. The first kappa shape index (κ1) is 22.1. The number of likely N-dealkylation sites (tertiary alicyclic amines) is 1. The van der Waals surface area contributed by atoms with E-state index in [0.717, 1.165) is 0 Å². The molecule has 2 aliphatic rings. The minimum Gasteiger partial charge on any atom is -0.507 e. The third-order valence-electron chi connectivity index (χ3n) is 5.23. The summed E-state index contributed by atoms with van der Waals surface area (Å²) >= 11 is 0. The van der Waals surface area contributed by atoms with Crippen LogP contribution in [0.1, 0.15) is 40.5 Å². The van der Waals surface area contributed by atoms with Gasteiger partial charge in [-0.15, -0.1) is 0 Å². The van der Waals surface area contributed by atoms with E-state index in [1.807, 2.05) is 13.8 Å². The van der Waals surface area contributed by atoms with Gasteiger partial charge in [-0.25, -0.2) is 0 Å². The van der Waals surface area contributed by atoms with Gasteiger partial charge >= 0.3 is 0 Å². The molecule has 2 amide bonds. The molecule has 3 N–H and O–H groups in total. The van der Waals surface area contributed by atoms with Crippen molar-refractivity contribution in [2.75, 3.05) is 7.05 Å². The number of Topliss-reactive ketones (excluding diaryl/α,β-unsaturated/α-hetero) is 1. The molecule has 0 aromatic heterocycles. The van der Waals surface area contributed by atoms with Crippen LogP contribution in [0.5, 0.6) is 0 Å². The molecule has 2 fully saturated rings. The number of nitrogens with zero attached hydrogens (tertiary/aromatic N) is 1. The number of ether oxygens (including phenoxy) is 1. The maximum absolute atomic E-state index is 13.1. The van der Waals surface area contributed by atoms with Crippen molar-refractivity contribution in [3.63, 3.8) is 0 Å². The van der Waals surface area contributed by atoms with E-state index in [-0.39, 0.29) is 11.5 Å². The van der Waals surface area contributed by atoms with E-state index < -0.39 is 53.8 Å². The summed E-state index contributed by atoms with van der Waals surface area (Å²) in [6.07, 6.45) is 1.83. The molecule has 0 spiro atoms. The van der Waals surface area contributed by atoms with Crippen molar-refractivity contribution in [3.8, 4) is 0 Å². The number of rotatable bonds is 5. The number of aliphatic hydroxyl groups is 2. The van der Waals surface area contributed by atoms with Gasteiger partial charge in [0.15, 0.2) is 5.78 Å². The van der Waals surface area contributed by atoms with Crippen molar-refractivity contribution in [3.05, 3.63) is 23.5 Å². The first-order chi connectivity index (χ1) is 13.1. The Morgan fingerprint density at radius 1 is 1.29 bits per heavy atom. The van der Waals surface area contributed by atoms with Crippen molar-refractivity contribution in [2.45, 2.75) is 65.0 Å². The van der Waals surface area contributed by atoms with Gasteiger partial charge in [-0.1, -0.05) is 26.8 Å². The van der Waals surface area contributed by atoms with Crippen LogP contribution >= 0.6 is 0 Å². The van der Waals surface area contributed by atoms with Crippen molar-refractivity contribution < 1.29 is 29.3 Å². The summed E-state index contributed by atoms with van der Waals surface area (Å²) in [5, 5.41) is 22.8. The largest absolute Gasteiger partial charge is 0.507 e. The molecule has 8 nitrogen and oxygen atoms in total. The van der Waals surface area contributed by atoms with Gasteiger partial charge in [0.2, 0.25) is 5.91 Å². The molecule has 0 radical (unpaired) electrons. The molecule has 4 unspecified atom stereocenters. The SMILES string of the molecule is CNC(=O)[C@@H](C)C1C(=O)/C(=C(O)\C=C\C(C)C)C(=O)N1C1CCC(O)C(C)O1. The monoisotopic (exact) mass is 394 g/mol. The van der Waals surface area contributed by atoms with Crippen LogP contribution in [0.25, 0.3) is 0 Å². The number of nitrogens with one attached hydrogen (secondary N) is 1. The van der Waals surface area contributed by atoms with Crippen LogP contribution in [0, 0.1) is 11.8 Å². The van der Waals surface area contributed by atoms with Crippen molar-refractivity contribution in [1.29, 1.82) is 0 Å². The number of carbonyl (C=O) groups excluding carboxylic acids is 3. The van der Waals surface area contributed by atoms with E-state index >= 15 is 0 Å². The van der Waals surface area contributed by atoms with Crippen molar-refractivity contribution in [1.82, 2.24) is 10.2 Å². The fraction of sp³-hybridized carbons (Fsp3) is 0.650. The van der Waals surface area contributed by atoms with Crippen LogP contribution in [-0.4, -0.2) is 64.2 Å². The van der Waals surface area contributed by atoms with Gasteiger partial charge in [-0.3, -0.25) is 14.4 Å². The van der Waals surface area contributed by atoms with Crippen LogP contribution in [-0.2, 0) is 19.1 Å². The Kier molecular flexibility index (Phi) is 7.01. The quantitative estimate of drug-likeness (QED) is 0.365. The standard InChI is InChI=1S/C20H30N2O6/c1-10(2)6-7-14(24)16-18(25)17(11(3)19(26)21-5)22(20(16)27)15-9-8-13(23)12(4)28-15/h6-7,10-13,15,17,23-24H,8-9H2,1-5H3,(H,21,26)/b7-6+,16-14-/t11-,12?,13?,15?,17?/m0/s1. The molecule has 0 aromatic carbocycles. The molecule has 0 aliphatic carbocycles. The van der Waals surface area contributed by atoms with Crippen LogP contribution in [0.2, 0.25) is 0 Å². The predicted octanol–water partition coefficient (Wildman–Crippen LogP) is 1.06. The molecule has 2 heterocycles. The first-order valence-electron chi connectivity index (χ1n) is 9.63. The summed E-state index contributed by atoms with van der Waals surface area (Å²) in [6, 6.07) is -1.08. The Balaban J connectivity index is 2.47. The highest BCUT2D eigenvalue weighted by molar-refractivity contribution is 6.27. The average molecular weight is 394 g/mol. The second-order valence-electron chi connectivity index (χ2n) is 7.73. The van der Waals surface area contributed by atoms with Crippen molar-refractivity contribution >= 4 is 17.6 Å². The molecule has 28 heavy (non-hydrogen) atoms. The molecular weight excluding hydrogens is 364 g/mol. The van der Waals surface area contributed by atoms with E-state index in [1.54, 1.807) is 19.9 Å². The Bertz CT molecular complexity index is 699. The predicted molar refractivity (Wildman–Crippen MR) is 102 cm³/mol. The number of hydrogen-bond donors (Lipinski definition) is 3. The Hall–Kier alpha value is -2.19. The fourth-order valence-electron chi connectivity index (χ4n) is 3.55. The normalized spacial score (nSPS) is 31.6. The molecule has 156 valence electrons. The summed E-state index contributed by atoms with van der Waals surface area (Å²) in [5.74, 6) is -2.77. The van der Waals surface area contributed by atoms with E-state index in [4.69, 9.17) is 4.74 Å². The van der Waals surface area contributed by atoms with E-state index in [2.05, 4.69) is 5.32 Å². The number of hydrogen-bond acceptors (Lipinski definition) is 6. The topological polar surface area (TPSA) is 116 Å². The van der Waals surface area contributed by atoms with Gasteiger partial charge in [-0.2, -0.15) is 0 Å². The summed E-state index contributed by atoms with van der Waals surface area (Å²) < 4.78 is 5.77. The first-order valence-corrected chi connectivity index (χ1v) is 9.63. The van der Waals surface area contributed by atoms with Crippen LogP contribution in [0.3, 0.4) is 0 Å². The number of amides is 2. The molecule has 0 aromatic rings. The molecular formula is C20H30N2O6. The third-order valence-corrected chi connectivity index (χ3v) is 5.23. The van der Waals surface area contributed by atoms with Gasteiger partial charge in [0.05, 0.1) is 18.1 Å². The molecule has 5 atom stereocenters. The Labute approximate surface area is 165 Å². The molecule has 0 saturated carbocycles. The summed E-state index contributed by atoms with van der Waals surface area (Å²) in [4.78, 5) is 39.6. The van der Waals surface area contributed by atoms with Crippen LogP contribution < -0.4 is 5.32 Å². The maximum atomic E-state index is 13.1. The zero-order chi connectivity index (χ0) is 21.2. The van der Waals surface area contributed by atoms with Gasteiger partial charge in [0.1, 0.15) is 23.6 Å². The van der Waals surface area contributed by atoms with Gasteiger partial charge in [0.25, 0.3) is 5.91 Å². The molecule has 8 heteroatoms. The van der Waals surface area contributed by atoms with Crippen LogP contribution in [0.15, 0.2) is 23.5 Å². The highest BCUT2D eigenvalue weighted by Gasteiger charge is 2.52. The third kappa shape index (κ3) is 4.28. The highest BCUT2D eigenvalue weighted by atomic mass is 16.5. The summed E-state index contributed by atoms with van der Waals surface area (Å²) in [5.41, 5.74) is -0.333. The average Bonchev–Trinajstić information content (AvgIpc) is 2.91. The van der Waals surface area contributed by atoms with E-state index in [0.29, 0.717) is 12.8 Å². The number of allylic oxidation sites excluding steroid dienone is 2. The molecule has 2 rings (SSSR count). The zero-order valence-electron chi connectivity index (χ0n) is 17.0. The maximum Gasteiger partial charge on any atom is 0.264 e. The molecule has 0 bridgehead atoms. The van der Waals surface area contributed by atoms with Gasteiger partial charge in [-0.05, 0) is 31.8 Å². The highest BCUT2D eigenvalue weighted by Crippen LogP contribution is 2.34. The lowest BCUT2D eigenvalue weighted by Gasteiger charge is -2.39. The minimum atomic E-state index is -1.08. The summed E-state index contributed by atoms with van der Waals surface area (Å²) in [6.45, 7) is 7.05. The lowest BCUT2D eigenvalue weighted by Crippen LogP contribution is -2.54. The van der Waals surface area contributed by atoms with Gasteiger partial charge in [0, 0.05) is 7.05 Å².